The average molecular weight is 372 g/mol. The lowest BCUT2D eigenvalue weighted by atomic mass is 10.3. The van der Waals surface area contributed by atoms with Gasteiger partial charge in [-0.1, -0.05) is 6.92 Å². The molecule has 11 heteroatoms. The van der Waals surface area contributed by atoms with Crippen molar-refractivity contribution in [2.24, 2.45) is 0 Å². The normalized spacial score (nSPS) is 11.8. The first-order valence-electron chi connectivity index (χ1n) is 6.97. The molecule has 0 radical (unpaired) electrons. The molecule has 25 heavy (non-hydrogen) atoms. The van der Waals surface area contributed by atoms with E-state index in [-0.39, 0.29) is 17.3 Å². The number of benzene rings is 1. The second kappa shape index (κ2) is 6.31. The number of hydrogen-bond acceptors (Lipinski definition) is 5. The van der Waals surface area contributed by atoms with Gasteiger partial charge in [0.2, 0.25) is 5.95 Å². The number of carboxylic acids is 1. The van der Waals surface area contributed by atoms with Crippen LogP contribution in [0.4, 0.5) is 13.2 Å². The molecule has 0 fully saturated rings. The summed E-state index contributed by atoms with van der Waals surface area (Å²) in [5, 5.41) is 12.8. The van der Waals surface area contributed by atoms with E-state index in [0.29, 0.717) is 21.7 Å². The number of fused-ring (bicyclic) bond motifs is 1. The maximum Gasteiger partial charge on any atom is 0.573 e. The molecule has 3 aromatic rings. The quantitative estimate of drug-likeness (QED) is 0.667. The number of H-pyrrole nitrogens is 1. The van der Waals surface area contributed by atoms with E-state index in [1.165, 1.54) is 34.8 Å². The third kappa shape index (κ3) is 3.71. The van der Waals surface area contributed by atoms with Crippen molar-refractivity contribution in [3.05, 3.63) is 30.1 Å². The van der Waals surface area contributed by atoms with E-state index in [2.05, 4.69) is 19.8 Å². The summed E-state index contributed by atoms with van der Waals surface area (Å²) in [5.41, 5.74) is 0.679. The van der Waals surface area contributed by atoms with E-state index >= 15 is 0 Å². The minimum atomic E-state index is -4.81. The highest BCUT2D eigenvalue weighted by Gasteiger charge is 2.32. The molecular weight excluding hydrogens is 361 g/mol. The molecule has 0 atom stereocenters. The van der Waals surface area contributed by atoms with Crippen LogP contribution in [0.2, 0.25) is 0 Å². The lowest BCUT2D eigenvalue weighted by Crippen LogP contribution is -2.17. The Morgan fingerprint density at radius 3 is 2.80 bits per heavy atom. The van der Waals surface area contributed by atoms with Gasteiger partial charge in [0.25, 0.3) is 0 Å². The van der Waals surface area contributed by atoms with Crippen molar-refractivity contribution in [2.75, 3.05) is 5.75 Å². The predicted octanol–water partition coefficient (Wildman–Crippen LogP) is 3.46. The average Bonchev–Trinajstić information content (AvgIpc) is 3.12. The molecule has 2 N–H and O–H groups in total. The second-order valence-corrected chi connectivity index (χ2v) is 6.14. The molecule has 2 aromatic heterocycles. The first-order chi connectivity index (χ1) is 11.8. The standard InChI is InChI=1S/C14H11F3N4O3S/c1-2-25-11-4-9-8(3-10(11)24-14(15,16)17)19-13(20-9)21-6-7(5-18-21)12(22)23/h3-6H,2H2,1H3,(H,19,20)(H,22,23). The fourth-order valence-corrected chi connectivity index (χ4v) is 2.88. The van der Waals surface area contributed by atoms with Crippen LogP contribution in [-0.2, 0) is 0 Å². The largest absolute Gasteiger partial charge is 0.573 e. The second-order valence-electron chi connectivity index (χ2n) is 4.84. The highest BCUT2D eigenvalue weighted by molar-refractivity contribution is 7.99. The van der Waals surface area contributed by atoms with Gasteiger partial charge in [0, 0.05) is 12.3 Å². The number of ether oxygens (including phenoxy) is 1. The summed E-state index contributed by atoms with van der Waals surface area (Å²) in [6, 6.07) is 2.69. The zero-order chi connectivity index (χ0) is 18.2. The van der Waals surface area contributed by atoms with Gasteiger partial charge in [0.15, 0.2) is 0 Å². The van der Waals surface area contributed by atoms with Gasteiger partial charge in [-0.05, 0) is 11.8 Å². The third-order valence-electron chi connectivity index (χ3n) is 3.11. The summed E-state index contributed by atoms with van der Waals surface area (Å²) in [7, 11) is 0. The van der Waals surface area contributed by atoms with Crippen molar-refractivity contribution in [3.8, 4) is 11.7 Å². The van der Waals surface area contributed by atoms with Gasteiger partial charge >= 0.3 is 12.3 Å². The zero-order valence-corrected chi connectivity index (χ0v) is 13.5. The van der Waals surface area contributed by atoms with Gasteiger partial charge < -0.3 is 14.8 Å². The summed E-state index contributed by atoms with van der Waals surface area (Å²) < 4.78 is 43.0. The van der Waals surface area contributed by atoms with Crippen molar-refractivity contribution in [1.82, 2.24) is 19.7 Å². The van der Waals surface area contributed by atoms with E-state index < -0.39 is 12.3 Å². The van der Waals surface area contributed by atoms with E-state index in [1.807, 2.05) is 0 Å². The number of thioether (sulfide) groups is 1. The van der Waals surface area contributed by atoms with Gasteiger partial charge in [0.1, 0.15) is 5.75 Å². The molecule has 0 unspecified atom stereocenters. The molecule has 132 valence electrons. The first-order valence-corrected chi connectivity index (χ1v) is 7.96. The summed E-state index contributed by atoms with van der Waals surface area (Å²) in [5.74, 6) is -0.740. The molecule has 7 nitrogen and oxygen atoms in total. The van der Waals surface area contributed by atoms with E-state index in [4.69, 9.17) is 5.11 Å². The number of aromatic amines is 1. The Hall–Kier alpha value is -2.69. The van der Waals surface area contributed by atoms with Crippen LogP contribution in [0.5, 0.6) is 5.75 Å². The molecule has 0 saturated heterocycles. The van der Waals surface area contributed by atoms with E-state index in [0.717, 1.165) is 6.20 Å². The van der Waals surface area contributed by atoms with Gasteiger partial charge in [-0.3, -0.25) is 0 Å². The van der Waals surface area contributed by atoms with Crippen LogP contribution in [-0.4, -0.2) is 42.9 Å². The van der Waals surface area contributed by atoms with Crippen molar-refractivity contribution >= 4 is 28.8 Å². The van der Waals surface area contributed by atoms with Gasteiger partial charge in [0.05, 0.1) is 27.7 Å². The smallest absolute Gasteiger partial charge is 0.478 e. The summed E-state index contributed by atoms with van der Waals surface area (Å²) >= 11 is 1.19. The number of nitrogens with zero attached hydrogens (tertiary/aromatic N) is 3. The molecule has 0 bridgehead atoms. The molecule has 0 aliphatic rings. The number of aromatic nitrogens is 4. The van der Waals surface area contributed by atoms with Crippen LogP contribution >= 0.6 is 11.8 Å². The Morgan fingerprint density at radius 1 is 1.44 bits per heavy atom. The maximum atomic E-state index is 12.6. The van der Waals surface area contributed by atoms with Crippen LogP contribution in [0, 0.1) is 0 Å². The molecule has 0 spiro atoms. The highest BCUT2D eigenvalue weighted by atomic mass is 32.2. The Balaban J connectivity index is 2.05. The molecule has 0 aliphatic carbocycles. The molecule has 0 saturated carbocycles. The fraction of sp³-hybridized carbons (Fsp3) is 0.214. The Bertz CT molecular complexity index is 935. The number of rotatable bonds is 5. The minimum absolute atomic E-state index is 0.0382. The fourth-order valence-electron chi connectivity index (χ4n) is 2.13. The molecular formula is C14H11F3N4O3S. The Kier molecular flexibility index (Phi) is 4.33. The molecule has 0 amide bonds. The number of halogens is 3. The molecule has 0 aliphatic heterocycles. The lowest BCUT2D eigenvalue weighted by molar-refractivity contribution is -0.275. The van der Waals surface area contributed by atoms with Crippen molar-refractivity contribution in [3.63, 3.8) is 0 Å². The molecule has 2 heterocycles. The molecule has 3 rings (SSSR count). The summed E-state index contributed by atoms with van der Waals surface area (Å²) in [4.78, 5) is 18.2. The number of imidazole rings is 1. The topological polar surface area (TPSA) is 93.0 Å². The van der Waals surface area contributed by atoms with Crippen LogP contribution in [0.1, 0.15) is 17.3 Å². The number of aromatic carboxylic acids is 1. The van der Waals surface area contributed by atoms with Crippen molar-refractivity contribution < 1.29 is 27.8 Å². The van der Waals surface area contributed by atoms with Crippen LogP contribution in [0.3, 0.4) is 0 Å². The number of alkyl halides is 3. The highest BCUT2D eigenvalue weighted by Crippen LogP contribution is 2.36. The maximum absolute atomic E-state index is 12.6. The summed E-state index contributed by atoms with van der Waals surface area (Å²) in [6.07, 6.45) is -2.42. The van der Waals surface area contributed by atoms with Crippen molar-refractivity contribution in [1.29, 1.82) is 0 Å². The SMILES string of the molecule is CCSc1cc2nc(-n3cc(C(=O)O)cn3)[nH]c2cc1OC(F)(F)F. The lowest BCUT2D eigenvalue weighted by Gasteiger charge is -2.12. The van der Waals surface area contributed by atoms with Gasteiger partial charge in [-0.25, -0.2) is 14.5 Å². The molecule has 1 aromatic carbocycles. The number of hydrogen-bond donors (Lipinski definition) is 2. The van der Waals surface area contributed by atoms with Gasteiger partial charge in [-0.2, -0.15) is 5.10 Å². The predicted molar refractivity (Wildman–Crippen MR) is 83.3 cm³/mol. The monoisotopic (exact) mass is 372 g/mol. The van der Waals surface area contributed by atoms with Crippen LogP contribution in [0.15, 0.2) is 29.4 Å². The zero-order valence-electron chi connectivity index (χ0n) is 12.7. The van der Waals surface area contributed by atoms with E-state index in [1.54, 1.807) is 6.92 Å². The van der Waals surface area contributed by atoms with Crippen LogP contribution in [0.25, 0.3) is 17.0 Å². The number of nitrogens with one attached hydrogen (secondary N) is 1. The van der Waals surface area contributed by atoms with Crippen molar-refractivity contribution in [2.45, 2.75) is 18.2 Å². The minimum Gasteiger partial charge on any atom is -0.478 e. The Morgan fingerprint density at radius 2 is 2.20 bits per heavy atom. The van der Waals surface area contributed by atoms with Crippen LogP contribution < -0.4 is 4.74 Å². The summed E-state index contributed by atoms with van der Waals surface area (Å²) in [6.45, 7) is 1.80. The third-order valence-corrected chi connectivity index (χ3v) is 4.03. The van der Waals surface area contributed by atoms with Gasteiger partial charge in [-0.15, -0.1) is 24.9 Å². The first kappa shape index (κ1) is 17.1. The Labute approximate surface area is 142 Å². The number of carboxylic acid groups (broad SMARTS) is 1. The number of carbonyl (C=O) groups is 1. The van der Waals surface area contributed by atoms with E-state index in [9.17, 15) is 18.0 Å².